The second-order valence-corrected chi connectivity index (χ2v) is 7.32. The number of halogens is 3. The van der Waals surface area contributed by atoms with Gasteiger partial charge in [0, 0.05) is 30.6 Å². The molecule has 0 aliphatic carbocycles. The van der Waals surface area contributed by atoms with Gasteiger partial charge in [-0.3, -0.25) is 4.79 Å². The van der Waals surface area contributed by atoms with Gasteiger partial charge in [0.15, 0.2) is 5.82 Å². The number of rotatable bonds is 4. The lowest BCUT2D eigenvalue weighted by Crippen LogP contribution is -2.13. The van der Waals surface area contributed by atoms with Gasteiger partial charge < -0.3 is 15.6 Å². The highest BCUT2D eigenvalue weighted by atomic mass is 35.5. The molecule has 1 amide bonds. The van der Waals surface area contributed by atoms with Gasteiger partial charge in [0.25, 0.3) is 5.91 Å². The molecule has 3 heterocycles. The van der Waals surface area contributed by atoms with E-state index in [0.29, 0.717) is 27.8 Å². The molecule has 0 unspecified atom stereocenters. The Kier molecular flexibility index (Phi) is 8.09. The van der Waals surface area contributed by atoms with Gasteiger partial charge in [0.2, 0.25) is 0 Å². The quantitative estimate of drug-likeness (QED) is 0.618. The molecule has 0 saturated carbocycles. The van der Waals surface area contributed by atoms with Crippen LogP contribution in [0.3, 0.4) is 0 Å². The molecular weight excluding hydrogens is 438 g/mol. The average molecular weight is 459 g/mol. The van der Waals surface area contributed by atoms with Gasteiger partial charge in [-0.1, -0.05) is 6.42 Å². The Hall–Kier alpha value is -2.07. The summed E-state index contributed by atoms with van der Waals surface area (Å²) in [5.41, 5.74) is 6.63. The lowest BCUT2D eigenvalue weighted by molar-refractivity contribution is 0.102. The van der Waals surface area contributed by atoms with Crippen molar-refractivity contribution in [2.24, 2.45) is 5.73 Å². The molecule has 3 N–H and O–H groups in total. The van der Waals surface area contributed by atoms with Crippen LogP contribution in [0.4, 0.5) is 10.1 Å². The molecule has 1 aromatic carbocycles. The molecule has 11 heteroatoms. The van der Waals surface area contributed by atoms with Crippen molar-refractivity contribution in [3.63, 3.8) is 0 Å². The fourth-order valence-electron chi connectivity index (χ4n) is 3.16. The van der Waals surface area contributed by atoms with E-state index in [1.807, 2.05) is 4.57 Å². The van der Waals surface area contributed by atoms with E-state index in [1.54, 1.807) is 11.4 Å². The van der Waals surface area contributed by atoms with E-state index in [0.717, 1.165) is 38.1 Å². The number of anilines is 1. The number of thiazole rings is 1. The highest BCUT2D eigenvalue weighted by Crippen LogP contribution is 2.27. The zero-order valence-corrected chi connectivity index (χ0v) is 17.9. The van der Waals surface area contributed by atoms with Gasteiger partial charge in [-0.05, 0) is 31.0 Å². The summed E-state index contributed by atoms with van der Waals surface area (Å²) in [4.78, 5) is 16.5. The second-order valence-electron chi connectivity index (χ2n) is 6.38. The van der Waals surface area contributed by atoms with Gasteiger partial charge in [-0.15, -0.1) is 46.3 Å². The van der Waals surface area contributed by atoms with Crippen LogP contribution >= 0.6 is 36.2 Å². The van der Waals surface area contributed by atoms with Crippen molar-refractivity contribution in [2.75, 3.05) is 5.32 Å². The van der Waals surface area contributed by atoms with Crippen molar-refractivity contribution in [2.45, 2.75) is 38.8 Å². The summed E-state index contributed by atoms with van der Waals surface area (Å²) in [6.07, 6.45) is 4.05. The Bertz CT molecular complexity index is 993. The van der Waals surface area contributed by atoms with E-state index < -0.39 is 5.82 Å². The van der Waals surface area contributed by atoms with Crippen molar-refractivity contribution in [1.82, 2.24) is 19.7 Å². The highest BCUT2D eigenvalue weighted by Gasteiger charge is 2.19. The van der Waals surface area contributed by atoms with Crippen molar-refractivity contribution in [3.8, 4) is 11.4 Å². The third-order valence-corrected chi connectivity index (χ3v) is 5.40. The molecule has 3 aromatic rings. The third kappa shape index (κ3) is 4.92. The smallest absolute Gasteiger partial charge is 0.275 e. The maximum absolute atomic E-state index is 14.5. The fraction of sp³-hybridized carbons (Fsp3) is 0.333. The molecule has 2 aromatic heterocycles. The first-order valence-corrected chi connectivity index (χ1v) is 9.71. The normalized spacial score (nSPS) is 12.9. The van der Waals surface area contributed by atoms with E-state index in [9.17, 15) is 9.18 Å². The summed E-state index contributed by atoms with van der Waals surface area (Å²) >= 11 is 1.33. The average Bonchev–Trinajstić information content (AvgIpc) is 3.25. The molecule has 0 saturated heterocycles. The number of nitrogens with zero attached hydrogens (tertiary/aromatic N) is 4. The monoisotopic (exact) mass is 458 g/mol. The number of benzene rings is 1. The standard InChI is InChI=1S/C18H19FN6OS.2ClH/c19-13-6-5-11(21-18(26)14-10-27-16(9-20)22-14)8-12(13)17-24-23-15-4-2-1-3-7-25(15)17;;/h5-6,8,10H,1-4,7,9,20H2,(H,21,26);2*1H. The zero-order chi connectivity index (χ0) is 18.8. The molecule has 1 aliphatic heterocycles. The summed E-state index contributed by atoms with van der Waals surface area (Å²) in [6.45, 7) is 1.06. The Morgan fingerprint density at radius 3 is 2.83 bits per heavy atom. The molecule has 0 spiro atoms. The lowest BCUT2D eigenvalue weighted by Gasteiger charge is -2.10. The van der Waals surface area contributed by atoms with Crippen LogP contribution in [-0.2, 0) is 19.5 Å². The fourth-order valence-corrected chi connectivity index (χ4v) is 3.82. The summed E-state index contributed by atoms with van der Waals surface area (Å²) < 4.78 is 16.5. The molecule has 1 aliphatic rings. The maximum Gasteiger partial charge on any atom is 0.275 e. The largest absolute Gasteiger partial charge is 0.325 e. The summed E-state index contributed by atoms with van der Waals surface area (Å²) in [5.74, 6) is 0.628. The Morgan fingerprint density at radius 1 is 1.24 bits per heavy atom. The summed E-state index contributed by atoms with van der Waals surface area (Å²) in [5, 5.41) is 13.5. The Balaban J connectivity index is 0.00000150. The van der Waals surface area contributed by atoms with Crippen molar-refractivity contribution in [1.29, 1.82) is 0 Å². The SMILES string of the molecule is Cl.Cl.NCc1nc(C(=O)Nc2ccc(F)c(-c3nnc4n3CCCCC4)c2)cs1. The number of nitrogens with one attached hydrogen (secondary N) is 1. The zero-order valence-electron chi connectivity index (χ0n) is 15.4. The minimum Gasteiger partial charge on any atom is -0.325 e. The molecule has 0 bridgehead atoms. The predicted octanol–water partition coefficient (Wildman–Crippen LogP) is 3.82. The van der Waals surface area contributed by atoms with Crippen molar-refractivity contribution in [3.05, 3.63) is 45.9 Å². The van der Waals surface area contributed by atoms with Gasteiger partial charge in [0.05, 0.1) is 5.56 Å². The molecule has 156 valence electrons. The second kappa shape index (κ2) is 10.1. The van der Waals surface area contributed by atoms with Gasteiger partial charge >= 0.3 is 0 Å². The number of aryl methyl sites for hydroxylation is 1. The number of carbonyl (C=O) groups excluding carboxylic acids is 1. The third-order valence-electron chi connectivity index (χ3n) is 4.53. The number of carbonyl (C=O) groups is 1. The number of amides is 1. The first kappa shape index (κ1) is 23.2. The number of hydrogen-bond donors (Lipinski definition) is 2. The summed E-state index contributed by atoms with van der Waals surface area (Å²) in [6, 6.07) is 4.44. The molecule has 0 atom stereocenters. The van der Waals surface area contributed by atoms with Gasteiger partial charge in [0.1, 0.15) is 22.3 Å². The molecule has 0 fully saturated rings. The van der Waals surface area contributed by atoms with Gasteiger partial charge in [-0.25, -0.2) is 9.37 Å². The molecule has 4 rings (SSSR count). The molecule has 7 nitrogen and oxygen atoms in total. The van der Waals surface area contributed by atoms with Crippen molar-refractivity contribution >= 4 is 47.7 Å². The minimum absolute atomic E-state index is 0. The predicted molar refractivity (Wildman–Crippen MR) is 115 cm³/mol. The minimum atomic E-state index is -0.397. The van der Waals surface area contributed by atoms with E-state index in [2.05, 4.69) is 20.5 Å². The van der Waals surface area contributed by atoms with E-state index >= 15 is 0 Å². The summed E-state index contributed by atoms with van der Waals surface area (Å²) in [7, 11) is 0. The van der Waals surface area contributed by atoms with E-state index in [4.69, 9.17) is 5.73 Å². The van der Waals surface area contributed by atoms with E-state index in [-0.39, 0.29) is 37.3 Å². The number of hydrogen-bond acceptors (Lipinski definition) is 6. The first-order valence-electron chi connectivity index (χ1n) is 8.83. The number of nitrogens with two attached hydrogens (primary N) is 1. The van der Waals surface area contributed by atoms with Crippen LogP contribution in [0, 0.1) is 5.82 Å². The molecule has 29 heavy (non-hydrogen) atoms. The van der Waals surface area contributed by atoms with Crippen LogP contribution in [0.15, 0.2) is 23.6 Å². The molecular formula is C18H21Cl2FN6OS. The maximum atomic E-state index is 14.5. The van der Waals surface area contributed by atoms with Crippen LogP contribution in [0.1, 0.15) is 40.6 Å². The van der Waals surface area contributed by atoms with Crippen molar-refractivity contribution < 1.29 is 9.18 Å². The van der Waals surface area contributed by atoms with Crippen LogP contribution in [-0.4, -0.2) is 25.7 Å². The van der Waals surface area contributed by atoms with Crippen LogP contribution < -0.4 is 11.1 Å². The van der Waals surface area contributed by atoms with Crippen LogP contribution in [0.25, 0.3) is 11.4 Å². The topological polar surface area (TPSA) is 98.7 Å². The molecule has 0 radical (unpaired) electrons. The highest BCUT2D eigenvalue weighted by molar-refractivity contribution is 7.09. The van der Waals surface area contributed by atoms with E-state index in [1.165, 1.54) is 23.5 Å². The van der Waals surface area contributed by atoms with Crippen LogP contribution in [0.5, 0.6) is 0 Å². The number of aromatic nitrogens is 4. The van der Waals surface area contributed by atoms with Crippen LogP contribution in [0.2, 0.25) is 0 Å². The number of fused-ring (bicyclic) bond motifs is 1. The Morgan fingerprint density at radius 2 is 2.07 bits per heavy atom. The lowest BCUT2D eigenvalue weighted by atomic mass is 10.1. The Labute approximate surface area is 183 Å². The van der Waals surface area contributed by atoms with Gasteiger partial charge in [-0.2, -0.15) is 0 Å². The first-order chi connectivity index (χ1) is 13.2.